The van der Waals surface area contributed by atoms with Crippen molar-refractivity contribution < 1.29 is 4.79 Å². The van der Waals surface area contributed by atoms with Crippen LogP contribution in [0, 0.1) is 23.7 Å². The molecule has 2 fully saturated rings. The van der Waals surface area contributed by atoms with Gasteiger partial charge in [-0.2, -0.15) is 0 Å². The van der Waals surface area contributed by atoms with E-state index in [2.05, 4.69) is 58.2 Å². The van der Waals surface area contributed by atoms with Crippen molar-refractivity contribution in [3.8, 4) is 0 Å². The van der Waals surface area contributed by atoms with Crippen LogP contribution < -0.4 is 5.32 Å². The van der Waals surface area contributed by atoms with Gasteiger partial charge in [0.1, 0.15) is 0 Å². The summed E-state index contributed by atoms with van der Waals surface area (Å²) in [5.74, 6) is 2.36. The maximum atomic E-state index is 13.1. The van der Waals surface area contributed by atoms with Crippen LogP contribution in [0.4, 0.5) is 0 Å². The number of halogens is 2. The summed E-state index contributed by atoms with van der Waals surface area (Å²) in [4.78, 5) is 15.2. The Morgan fingerprint density at radius 3 is 2.54 bits per heavy atom. The lowest BCUT2D eigenvalue weighted by molar-refractivity contribution is -0.135. The lowest BCUT2D eigenvalue weighted by atomic mass is 9.90. The van der Waals surface area contributed by atoms with Gasteiger partial charge in [0.25, 0.3) is 0 Å². The molecule has 0 spiro atoms. The van der Waals surface area contributed by atoms with Gasteiger partial charge in [-0.25, -0.2) is 0 Å². The van der Waals surface area contributed by atoms with Crippen LogP contribution in [-0.2, 0) is 11.2 Å². The van der Waals surface area contributed by atoms with E-state index >= 15 is 0 Å². The summed E-state index contributed by atoms with van der Waals surface area (Å²) in [6.07, 6.45) is 1.82. The van der Waals surface area contributed by atoms with Crippen LogP contribution in [0.2, 0.25) is 0 Å². The van der Waals surface area contributed by atoms with E-state index in [9.17, 15) is 4.79 Å². The first kappa shape index (κ1) is 19.7. The first-order chi connectivity index (χ1) is 11.0. The second-order valence-corrected chi connectivity index (χ2v) is 8.50. The highest BCUT2D eigenvalue weighted by Crippen LogP contribution is 2.29. The minimum Gasteiger partial charge on any atom is -0.342 e. The Balaban J connectivity index is 0.00000208. The third kappa shape index (κ3) is 4.74. The van der Waals surface area contributed by atoms with Gasteiger partial charge in [-0.1, -0.05) is 41.9 Å². The molecule has 0 aromatic heterocycles. The van der Waals surface area contributed by atoms with Gasteiger partial charge >= 0.3 is 0 Å². The number of nitrogens with zero attached hydrogens (tertiary/aromatic N) is 1. The van der Waals surface area contributed by atoms with Gasteiger partial charge in [-0.05, 0) is 48.3 Å². The average Bonchev–Trinajstić information content (AvgIpc) is 3.06. The summed E-state index contributed by atoms with van der Waals surface area (Å²) in [5.41, 5.74) is 1.25. The van der Waals surface area contributed by atoms with Crippen molar-refractivity contribution in [3.63, 3.8) is 0 Å². The summed E-state index contributed by atoms with van der Waals surface area (Å²) in [6.45, 7) is 8.48. The van der Waals surface area contributed by atoms with E-state index in [0.29, 0.717) is 23.7 Å². The molecular weight excluding hydrogens is 388 g/mol. The second kappa shape index (κ2) is 8.68. The van der Waals surface area contributed by atoms with E-state index in [1.54, 1.807) is 0 Å². The first-order valence-corrected chi connectivity index (χ1v) is 9.56. The van der Waals surface area contributed by atoms with Gasteiger partial charge in [0.15, 0.2) is 0 Å². The third-order valence-electron chi connectivity index (χ3n) is 5.18. The summed E-state index contributed by atoms with van der Waals surface area (Å²) < 4.78 is 1.09. The van der Waals surface area contributed by atoms with Crippen molar-refractivity contribution in [2.45, 2.75) is 26.7 Å². The number of amides is 1. The smallest absolute Gasteiger partial charge is 0.226 e. The summed E-state index contributed by atoms with van der Waals surface area (Å²) in [7, 11) is 0. The zero-order valence-electron chi connectivity index (χ0n) is 14.5. The zero-order chi connectivity index (χ0) is 16.4. The van der Waals surface area contributed by atoms with Gasteiger partial charge < -0.3 is 10.2 Å². The van der Waals surface area contributed by atoms with Crippen molar-refractivity contribution in [2.75, 3.05) is 26.2 Å². The number of carbonyl (C=O) groups excluding carboxylic acids is 1. The normalized spacial score (nSPS) is 23.9. The molecular formula is C19H28BrClN2O. The monoisotopic (exact) mass is 414 g/mol. The molecule has 24 heavy (non-hydrogen) atoms. The molecule has 3 rings (SSSR count). The highest BCUT2D eigenvalue weighted by Gasteiger charge is 2.39. The zero-order valence-corrected chi connectivity index (χ0v) is 16.9. The highest BCUT2D eigenvalue weighted by molar-refractivity contribution is 9.10. The van der Waals surface area contributed by atoms with Crippen molar-refractivity contribution in [1.29, 1.82) is 0 Å². The number of likely N-dealkylation sites (tertiary alicyclic amines) is 1. The van der Waals surface area contributed by atoms with Crippen molar-refractivity contribution in [3.05, 3.63) is 34.3 Å². The Hall–Kier alpha value is -0.580. The molecule has 3 atom stereocenters. The number of fused-ring (bicyclic) bond motifs is 1. The molecule has 1 unspecified atom stereocenters. The van der Waals surface area contributed by atoms with E-state index < -0.39 is 0 Å². The van der Waals surface area contributed by atoms with Gasteiger partial charge in [0, 0.05) is 36.6 Å². The summed E-state index contributed by atoms with van der Waals surface area (Å²) >= 11 is 3.54. The maximum Gasteiger partial charge on any atom is 0.226 e. The molecule has 1 aromatic carbocycles. The molecule has 2 heterocycles. The quantitative estimate of drug-likeness (QED) is 0.794. The Kier molecular flexibility index (Phi) is 7.14. The molecule has 1 aromatic rings. The largest absolute Gasteiger partial charge is 0.342 e. The first-order valence-electron chi connectivity index (χ1n) is 8.77. The molecule has 2 aliphatic heterocycles. The Morgan fingerprint density at radius 2 is 1.96 bits per heavy atom. The fourth-order valence-electron chi connectivity index (χ4n) is 4.08. The van der Waals surface area contributed by atoms with E-state index in [1.807, 2.05) is 6.07 Å². The van der Waals surface area contributed by atoms with Gasteiger partial charge in [0.05, 0.1) is 0 Å². The molecule has 2 aliphatic rings. The molecule has 5 heteroatoms. The summed E-state index contributed by atoms with van der Waals surface area (Å²) in [5, 5.41) is 3.45. The predicted molar refractivity (Wildman–Crippen MR) is 104 cm³/mol. The Labute approximate surface area is 160 Å². The third-order valence-corrected chi connectivity index (χ3v) is 5.67. The fraction of sp³-hybridized carbons (Fsp3) is 0.632. The van der Waals surface area contributed by atoms with Crippen LogP contribution in [0.15, 0.2) is 28.7 Å². The SMILES string of the molecule is CC(C)CC(Cc1cccc(Br)c1)C(=O)N1C[C@H]2CNC[C@H]2C1.Cl. The van der Waals surface area contributed by atoms with E-state index in [4.69, 9.17) is 0 Å². The van der Waals surface area contributed by atoms with Crippen molar-refractivity contribution in [1.82, 2.24) is 10.2 Å². The number of hydrogen-bond donors (Lipinski definition) is 1. The molecule has 0 bridgehead atoms. The fourth-order valence-corrected chi connectivity index (χ4v) is 4.53. The number of benzene rings is 1. The number of hydrogen-bond acceptors (Lipinski definition) is 2. The second-order valence-electron chi connectivity index (χ2n) is 7.58. The van der Waals surface area contributed by atoms with Crippen LogP contribution in [-0.4, -0.2) is 37.0 Å². The van der Waals surface area contributed by atoms with Crippen molar-refractivity contribution >= 4 is 34.2 Å². The Morgan fingerprint density at radius 1 is 1.29 bits per heavy atom. The highest BCUT2D eigenvalue weighted by atomic mass is 79.9. The van der Waals surface area contributed by atoms with Crippen LogP contribution in [0.25, 0.3) is 0 Å². The van der Waals surface area contributed by atoms with Gasteiger partial charge in [-0.15, -0.1) is 12.4 Å². The lowest BCUT2D eigenvalue weighted by Crippen LogP contribution is -2.37. The predicted octanol–water partition coefficient (Wildman–Crippen LogP) is 3.75. The minimum absolute atomic E-state index is 0. The maximum absolute atomic E-state index is 13.1. The number of carbonyl (C=O) groups is 1. The molecule has 0 aliphatic carbocycles. The molecule has 0 saturated carbocycles. The molecule has 0 radical (unpaired) electrons. The van der Waals surface area contributed by atoms with E-state index in [0.717, 1.165) is 43.5 Å². The molecule has 1 amide bonds. The van der Waals surface area contributed by atoms with Gasteiger partial charge in [-0.3, -0.25) is 4.79 Å². The standard InChI is InChI=1S/C19H27BrN2O.ClH/c1-13(2)6-15(7-14-4-3-5-18(20)8-14)19(23)22-11-16-9-21-10-17(16)12-22;/h3-5,8,13,15-17,21H,6-7,9-12H2,1-2H3;1H/t15?,16-,17+;. The molecule has 2 saturated heterocycles. The van der Waals surface area contributed by atoms with E-state index in [-0.39, 0.29) is 18.3 Å². The average molecular weight is 416 g/mol. The lowest BCUT2D eigenvalue weighted by Gasteiger charge is -2.25. The topological polar surface area (TPSA) is 32.3 Å². The number of nitrogens with one attached hydrogen (secondary N) is 1. The molecule has 3 nitrogen and oxygen atoms in total. The van der Waals surface area contributed by atoms with Gasteiger partial charge in [0.2, 0.25) is 5.91 Å². The Bertz CT molecular complexity index is 554. The van der Waals surface area contributed by atoms with Crippen LogP contribution in [0.3, 0.4) is 0 Å². The van der Waals surface area contributed by atoms with Crippen molar-refractivity contribution in [2.24, 2.45) is 23.7 Å². The van der Waals surface area contributed by atoms with Crippen LogP contribution in [0.1, 0.15) is 25.8 Å². The minimum atomic E-state index is 0. The number of rotatable bonds is 5. The molecule has 134 valence electrons. The summed E-state index contributed by atoms with van der Waals surface area (Å²) in [6, 6.07) is 8.37. The van der Waals surface area contributed by atoms with Crippen LogP contribution in [0.5, 0.6) is 0 Å². The molecule has 1 N–H and O–H groups in total. The van der Waals surface area contributed by atoms with E-state index in [1.165, 1.54) is 5.56 Å². The van der Waals surface area contributed by atoms with Crippen LogP contribution >= 0.6 is 28.3 Å².